The quantitative estimate of drug-likeness (QED) is 0.816. The molecule has 0 aliphatic carbocycles. The number of hydrogen-bond acceptors (Lipinski definition) is 3. The molecule has 0 aromatic carbocycles. The van der Waals surface area contributed by atoms with Gasteiger partial charge in [-0.2, -0.15) is 0 Å². The van der Waals surface area contributed by atoms with E-state index in [-0.39, 0.29) is 5.25 Å². The highest BCUT2D eigenvalue weighted by Crippen LogP contribution is 1.98. The Hall–Kier alpha value is -0.940. The van der Waals surface area contributed by atoms with Crippen LogP contribution in [0.2, 0.25) is 0 Å². The van der Waals surface area contributed by atoms with E-state index in [1.54, 1.807) is 26.2 Å². The third-order valence-corrected chi connectivity index (χ3v) is 3.91. The number of sulfonamides is 1. The van der Waals surface area contributed by atoms with E-state index in [1.807, 2.05) is 12.1 Å². The zero-order chi connectivity index (χ0) is 11.3. The average molecular weight is 228 g/mol. The van der Waals surface area contributed by atoms with Gasteiger partial charge in [-0.05, 0) is 31.9 Å². The number of aromatic nitrogens is 1. The fourth-order valence-corrected chi connectivity index (χ4v) is 1.77. The maximum absolute atomic E-state index is 11.4. The first-order valence-electron chi connectivity index (χ1n) is 4.90. The van der Waals surface area contributed by atoms with Gasteiger partial charge < -0.3 is 0 Å². The van der Waals surface area contributed by atoms with Gasteiger partial charge in [0.05, 0.1) is 5.25 Å². The van der Waals surface area contributed by atoms with E-state index in [1.165, 1.54) is 0 Å². The van der Waals surface area contributed by atoms with Crippen LogP contribution < -0.4 is 4.72 Å². The zero-order valence-corrected chi connectivity index (χ0v) is 9.79. The van der Waals surface area contributed by atoms with E-state index in [9.17, 15) is 8.42 Å². The van der Waals surface area contributed by atoms with Crippen molar-refractivity contribution in [2.45, 2.75) is 25.5 Å². The van der Waals surface area contributed by atoms with Crippen LogP contribution in [0.5, 0.6) is 0 Å². The Morgan fingerprint density at radius 1 is 1.47 bits per heavy atom. The lowest BCUT2D eigenvalue weighted by atomic mass is 10.2. The van der Waals surface area contributed by atoms with Gasteiger partial charge in [0.1, 0.15) is 0 Å². The van der Waals surface area contributed by atoms with E-state index in [2.05, 4.69) is 9.71 Å². The van der Waals surface area contributed by atoms with Gasteiger partial charge in [0.2, 0.25) is 10.0 Å². The average Bonchev–Trinajstić information content (AvgIpc) is 2.19. The fourth-order valence-electron chi connectivity index (χ4n) is 1.05. The van der Waals surface area contributed by atoms with Gasteiger partial charge in [0.15, 0.2) is 0 Å². The van der Waals surface area contributed by atoms with E-state index < -0.39 is 10.0 Å². The Morgan fingerprint density at radius 2 is 2.20 bits per heavy atom. The lowest BCUT2D eigenvalue weighted by molar-refractivity contribution is 0.572. The fraction of sp³-hybridized carbons (Fsp3) is 0.500. The second-order valence-corrected chi connectivity index (χ2v) is 5.92. The summed E-state index contributed by atoms with van der Waals surface area (Å²) in [6, 6.07) is 3.77. The second kappa shape index (κ2) is 5.23. The molecule has 0 saturated carbocycles. The van der Waals surface area contributed by atoms with Gasteiger partial charge in [-0.1, -0.05) is 6.07 Å². The van der Waals surface area contributed by atoms with Crippen LogP contribution >= 0.6 is 0 Å². The summed E-state index contributed by atoms with van der Waals surface area (Å²) in [4.78, 5) is 3.96. The summed E-state index contributed by atoms with van der Waals surface area (Å²) in [5, 5.41) is -0.383. The number of hydrogen-bond donors (Lipinski definition) is 1. The molecular formula is C10H16N2O2S. The topological polar surface area (TPSA) is 59.1 Å². The van der Waals surface area contributed by atoms with Crippen LogP contribution in [0.1, 0.15) is 19.4 Å². The predicted molar refractivity (Wildman–Crippen MR) is 60.0 cm³/mol. The summed E-state index contributed by atoms with van der Waals surface area (Å²) in [5.74, 6) is 0. The van der Waals surface area contributed by atoms with Gasteiger partial charge in [-0.25, -0.2) is 13.1 Å². The van der Waals surface area contributed by atoms with Crippen molar-refractivity contribution in [3.63, 3.8) is 0 Å². The lowest BCUT2D eigenvalue weighted by Gasteiger charge is -2.08. The van der Waals surface area contributed by atoms with Crippen LogP contribution in [0.4, 0.5) is 0 Å². The summed E-state index contributed by atoms with van der Waals surface area (Å²) in [6.45, 7) is 3.74. The molecular weight excluding hydrogens is 212 g/mol. The van der Waals surface area contributed by atoms with Crippen molar-refractivity contribution in [3.05, 3.63) is 30.1 Å². The maximum Gasteiger partial charge on any atom is 0.213 e. The largest absolute Gasteiger partial charge is 0.264 e. The molecule has 0 atom stereocenters. The first kappa shape index (κ1) is 12.1. The Morgan fingerprint density at radius 3 is 2.73 bits per heavy atom. The zero-order valence-electron chi connectivity index (χ0n) is 8.97. The lowest BCUT2D eigenvalue weighted by Crippen LogP contribution is -2.32. The summed E-state index contributed by atoms with van der Waals surface area (Å²) in [5.41, 5.74) is 1.03. The summed E-state index contributed by atoms with van der Waals surface area (Å²) >= 11 is 0. The molecule has 5 heteroatoms. The van der Waals surface area contributed by atoms with E-state index in [4.69, 9.17) is 0 Å². The highest BCUT2D eigenvalue weighted by Gasteiger charge is 2.13. The van der Waals surface area contributed by atoms with E-state index >= 15 is 0 Å². The second-order valence-electron chi connectivity index (χ2n) is 3.60. The number of nitrogens with one attached hydrogen (secondary N) is 1. The van der Waals surface area contributed by atoms with Crippen molar-refractivity contribution >= 4 is 10.0 Å². The molecule has 0 radical (unpaired) electrons. The van der Waals surface area contributed by atoms with Crippen molar-refractivity contribution in [2.75, 3.05) is 6.54 Å². The normalized spacial score (nSPS) is 11.9. The Kier molecular flexibility index (Phi) is 4.23. The van der Waals surface area contributed by atoms with Crippen LogP contribution in [-0.4, -0.2) is 25.2 Å². The first-order chi connectivity index (χ1) is 7.02. The molecule has 1 N–H and O–H groups in total. The van der Waals surface area contributed by atoms with Crippen LogP contribution in [-0.2, 0) is 16.4 Å². The molecule has 0 saturated heterocycles. The van der Waals surface area contributed by atoms with E-state index in [0.29, 0.717) is 13.0 Å². The standard InChI is InChI=1S/C10H16N2O2S/c1-9(2)15(13,14)12-7-5-10-4-3-6-11-8-10/h3-4,6,8-9,12H,5,7H2,1-2H3. The van der Waals surface area contributed by atoms with Crippen molar-refractivity contribution < 1.29 is 8.42 Å². The van der Waals surface area contributed by atoms with Crippen molar-refractivity contribution in [1.82, 2.24) is 9.71 Å². The number of pyridine rings is 1. The summed E-state index contributed by atoms with van der Waals surface area (Å²) in [6.07, 6.45) is 4.10. The van der Waals surface area contributed by atoms with Crippen LogP contribution in [0, 0.1) is 0 Å². The molecule has 0 unspecified atom stereocenters. The Balaban J connectivity index is 2.41. The van der Waals surface area contributed by atoms with Crippen molar-refractivity contribution in [2.24, 2.45) is 0 Å². The molecule has 4 nitrogen and oxygen atoms in total. The van der Waals surface area contributed by atoms with Crippen LogP contribution in [0.15, 0.2) is 24.5 Å². The third-order valence-electron chi connectivity index (χ3n) is 2.06. The minimum atomic E-state index is -3.14. The molecule has 1 aromatic rings. The molecule has 0 amide bonds. The molecule has 15 heavy (non-hydrogen) atoms. The van der Waals surface area contributed by atoms with E-state index in [0.717, 1.165) is 5.56 Å². The van der Waals surface area contributed by atoms with Crippen LogP contribution in [0.25, 0.3) is 0 Å². The van der Waals surface area contributed by atoms with Gasteiger partial charge in [-0.3, -0.25) is 4.98 Å². The highest BCUT2D eigenvalue weighted by molar-refractivity contribution is 7.90. The molecule has 0 fully saturated rings. The minimum Gasteiger partial charge on any atom is -0.264 e. The van der Waals surface area contributed by atoms with Gasteiger partial charge >= 0.3 is 0 Å². The Bertz CT molecular complexity index is 387. The number of nitrogens with zero attached hydrogens (tertiary/aromatic N) is 1. The molecule has 0 aliphatic rings. The molecule has 84 valence electrons. The summed E-state index contributed by atoms with van der Waals surface area (Å²) < 4.78 is 25.3. The highest BCUT2D eigenvalue weighted by atomic mass is 32.2. The summed E-state index contributed by atoms with van der Waals surface area (Å²) in [7, 11) is -3.14. The SMILES string of the molecule is CC(C)S(=O)(=O)NCCc1cccnc1. The van der Waals surface area contributed by atoms with Gasteiger partial charge in [0, 0.05) is 18.9 Å². The van der Waals surface area contributed by atoms with Gasteiger partial charge in [0.25, 0.3) is 0 Å². The third kappa shape index (κ3) is 3.97. The maximum atomic E-state index is 11.4. The molecule has 0 bridgehead atoms. The molecule has 1 rings (SSSR count). The minimum absolute atomic E-state index is 0.383. The molecule has 1 heterocycles. The first-order valence-corrected chi connectivity index (χ1v) is 6.44. The number of rotatable bonds is 5. The Labute approximate surface area is 90.8 Å². The monoisotopic (exact) mass is 228 g/mol. The molecule has 0 aliphatic heterocycles. The van der Waals surface area contributed by atoms with Crippen molar-refractivity contribution in [1.29, 1.82) is 0 Å². The molecule has 1 aromatic heterocycles. The van der Waals surface area contributed by atoms with Crippen molar-refractivity contribution in [3.8, 4) is 0 Å². The van der Waals surface area contributed by atoms with Crippen LogP contribution in [0.3, 0.4) is 0 Å². The smallest absolute Gasteiger partial charge is 0.213 e. The van der Waals surface area contributed by atoms with Gasteiger partial charge in [-0.15, -0.1) is 0 Å². The predicted octanol–water partition coefficient (Wildman–Crippen LogP) is 0.952. The molecule has 0 spiro atoms.